The van der Waals surface area contributed by atoms with Crippen LogP contribution in [0.15, 0.2) is 35.5 Å². The van der Waals surface area contributed by atoms with E-state index in [4.69, 9.17) is 17.0 Å². The Hall–Kier alpha value is -2.22. The summed E-state index contributed by atoms with van der Waals surface area (Å²) in [5.74, 6) is -0.500. The maximum absolute atomic E-state index is 12.8. The number of thiocarbonyl (C=S) groups is 1. The molecule has 0 bridgehead atoms. The van der Waals surface area contributed by atoms with Crippen LogP contribution in [-0.4, -0.2) is 35.2 Å². The molecule has 1 aliphatic heterocycles. The van der Waals surface area contributed by atoms with Crippen molar-refractivity contribution in [3.05, 3.63) is 41.1 Å². The monoisotopic (exact) mass is 382 g/mol. The first-order valence-electron chi connectivity index (χ1n) is 8.45. The van der Waals surface area contributed by atoms with Gasteiger partial charge in [0.1, 0.15) is 5.75 Å². The van der Waals surface area contributed by atoms with E-state index in [1.54, 1.807) is 32.0 Å². The van der Waals surface area contributed by atoms with Gasteiger partial charge < -0.3 is 19.7 Å². The molecular weight excluding hydrogens is 362 g/mol. The summed E-state index contributed by atoms with van der Waals surface area (Å²) >= 11 is 5.47. The van der Waals surface area contributed by atoms with Crippen LogP contribution in [-0.2, 0) is 9.53 Å². The van der Waals surface area contributed by atoms with Crippen molar-refractivity contribution in [2.45, 2.75) is 45.4 Å². The van der Waals surface area contributed by atoms with Crippen molar-refractivity contribution >= 4 is 23.3 Å². The minimum atomic E-state index is -2.97. The zero-order valence-corrected chi connectivity index (χ0v) is 15.3. The summed E-state index contributed by atoms with van der Waals surface area (Å²) in [5, 5.41) is 3.58. The first kappa shape index (κ1) is 18.6. The fourth-order valence-corrected chi connectivity index (χ4v) is 3.56. The van der Waals surface area contributed by atoms with E-state index in [9.17, 15) is 13.6 Å². The summed E-state index contributed by atoms with van der Waals surface area (Å²) in [6.45, 7) is 0.772. The third-order valence-electron chi connectivity index (χ3n) is 4.38. The van der Waals surface area contributed by atoms with Crippen LogP contribution >= 0.6 is 12.2 Å². The molecule has 0 spiro atoms. The zero-order chi connectivity index (χ0) is 18.8. The number of carbonyl (C=O) groups is 1. The van der Waals surface area contributed by atoms with Gasteiger partial charge in [-0.05, 0) is 45.0 Å². The van der Waals surface area contributed by atoms with Crippen LogP contribution < -0.4 is 10.1 Å². The molecule has 1 aliphatic carbocycles. The van der Waals surface area contributed by atoms with E-state index in [0.29, 0.717) is 21.9 Å². The van der Waals surface area contributed by atoms with Crippen molar-refractivity contribution in [2.24, 2.45) is 0 Å². The molecule has 1 heterocycles. The molecule has 0 saturated heterocycles. The van der Waals surface area contributed by atoms with E-state index in [1.165, 1.54) is 6.07 Å². The van der Waals surface area contributed by atoms with Crippen LogP contribution in [0.3, 0.4) is 0 Å². The van der Waals surface area contributed by atoms with Gasteiger partial charge >= 0.3 is 12.6 Å². The summed E-state index contributed by atoms with van der Waals surface area (Å²) in [4.78, 5) is 14.6. The Morgan fingerprint density at radius 2 is 2.08 bits per heavy atom. The zero-order valence-electron chi connectivity index (χ0n) is 14.5. The number of halogens is 2. The molecule has 1 aromatic rings. The Balaban J connectivity index is 2.07. The van der Waals surface area contributed by atoms with Crippen LogP contribution in [0.1, 0.15) is 38.3 Å². The fourth-order valence-electron chi connectivity index (χ4n) is 3.16. The average Bonchev–Trinajstić information content (AvgIpc) is 3.39. The SMILES string of the molecule is CCOC(=O)C1=C(C)N(C2CC2)C(=S)N[C@@H]1c1ccccc1OC(F)F. The number of carbonyl (C=O) groups excluding carboxylic acids is 1. The smallest absolute Gasteiger partial charge is 0.387 e. The highest BCUT2D eigenvalue weighted by atomic mass is 32.1. The minimum absolute atomic E-state index is 0.00253. The molecule has 1 aromatic carbocycles. The van der Waals surface area contributed by atoms with Gasteiger partial charge in [-0.1, -0.05) is 18.2 Å². The van der Waals surface area contributed by atoms with Gasteiger partial charge in [-0.3, -0.25) is 0 Å². The van der Waals surface area contributed by atoms with Gasteiger partial charge in [0.25, 0.3) is 0 Å². The molecule has 1 fully saturated rings. The van der Waals surface area contributed by atoms with Gasteiger partial charge in [0.15, 0.2) is 5.11 Å². The maximum atomic E-state index is 12.8. The van der Waals surface area contributed by atoms with E-state index in [2.05, 4.69) is 10.1 Å². The second-order valence-corrected chi connectivity index (χ2v) is 6.51. The summed E-state index contributed by atoms with van der Waals surface area (Å²) in [6.07, 6.45) is 1.98. The molecule has 0 radical (unpaired) electrons. The lowest BCUT2D eigenvalue weighted by Gasteiger charge is -2.38. The standard InChI is InChI=1S/C18H20F2N2O3S/c1-3-24-16(23)14-10(2)22(11-8-9-11)18(26)21-15(14)12-6-4-5-7-13(12)25-17(19)20/h4-7,11,15,17H,3,8-9H2,1-2H3,(H,21,26)/t15-/m1/s1. The van der Waals surface area contributed by atoms with Gasteiger partial charge in [-0.2, -0.15) is 8.78 Å². The van der Waals surface area contributed by atoms with E-state index in [-0.39, 0.29) is 18.4 Å². The lowest BCUT2D eigenvalue weighted by molar-refractivity contribution is -0.139. The van der Waals surface area contributed by atoms with Gasteiger partial charge in [0, 0.05) is 17.3 Å². The Morgan fingerprint density at radius 1 is 1.38 bits per heavy atom. The maximum Gasteiger partial charge on any atom is 0.387 e. The van der Waals surface area contributed by atoms with Crippen LogP contribution in [0.2, 0.25) is 0 Å². The predicted octanol–water partition coefficient (Wildman–Crippen LogP) is 3.52. The van der Waals surface area contributed by atoms with Crippen molar-refractivity contribution in [3.8, 4) is 5.75 Å². The predicted molar refractivity (Wildman–Crippen MR) is 95.7 cm³/mol. The molecule has 140 valence electrons. The van der Waals surface area contributed by atoms with Crippen molar-refractivity contribution in [1.29, 1.82) is 0 Å². The summed E-state index contributed by atoms with van der Waals surface area (Å²) in [5.41, 5.74) is 1.46. The lowest BCUT2D eigenvalue weighted by atomic mass is 9.94. The van der Waals surface area contributed by atoms with Crippen LogP contribution in [0.25, 0.3) is 0 Å². The number of esters is 1. The van der Waals surface area contributed by atoms with Crippen molar-refractivity contribution in [2.75, 3.05) is 6.61 Å². The number of nitrogens with one attached hydrogen (secondary N) is 1. The number of hydrogen-bond acceptors (Lipinski definition) is 4. The quantitative estimate of drug-likeness (QED) is 0.600. The van der Waals surface area contributed by atoms with Gasteiger partial charge in [-0.25, -0.2) is 4.79 Å². The van der Waals surface area contributed by atoms with Crippen LogP contribution in [0.5, 0.6) is 5.75 Å². The van der Waals surface area contributed by atoms with Crippen molar-refractivity contribution in [3.63, 3.8) is 0 Å². The summed E-state index contributed by atoms with van der Waals surface area (Å²) in [7, 11) is 0. The van der Waals surface area contributed by atoms with Crippen molar-refractivity contribution in [1.82, 2.24) is 10.2 Å². The molecule has 3 rings (SSSR count). The van der Waals surface area contributed by atoms with Gasteiger partial charge in [0.05, 0.1) is 18.2 Å². The number of hydrogen-bond donors (Lipinski definition) is 1. The molecule has 1 N–H and O–H groups in total. The molecule has 2 aliphatic rings. The normalized spacial score (nSPS) is 20.3. The first-order valence-corrected chi connectivity index (χ1v) is 8.86. The molecule has 1 atom stereocenters. The topological polar surface area (TPSA) is 50.8 Å². The Morgan fingerprint density at radius 3 is 2.69 bits per heavy atom. The average molecular weight is 382 g/mol. The molecule has 0 aromatic heterocycles. The molecular formula is C18H20F2N2O3S. The van der Waals surface area contributed by atoms with Crippen LogP contribution in [0, 0.1) is 0 Å². The number of allylic oxidation sites excluding steroid dienone is 1. The van der Waals surface area contributed by atoms with E-state index >= 15 is 0 Å². The number of para-hydroxylation sites is 1. The third kappa shape index (κ3) is 3.65. The number of alkyl halides is 2. The summed E-state index contributed by atoms with van der Waals surface area (Å²) in [6, 6.07) is 5.91. The highest BCUT2D eigenvalue weighted by molar-refractivity contribution is 7.80. The largest absolute Gasteiger partial charge is 0.463 e. The highest BCUT2D eigenvalue weighted by Gasteiger charge is 2.41. The van der Waals surface area contributed by atoms with Gasteiger partial charge in [-0.15, -0.1) is 0 Å². The number of ether oxygens (including phenoxy) is 2. The molecule has 5 nitrogen and oxygen atoms in total. The third-order valence-corrected chi connectivity index (χ3v) is 4.69. The van der Waals surface area contributed by atoms with Crippen LogP contribution in [0.4, 0.5) is 8.78 Å². The van der Waals surface area contributed by atoms with E-state index in [0.717, 1.165) is 12.8 Å². The molecule has 1 saturated carbocycles. The van der Waals surface area contributed by atoms with E-state index < -0.39 is 18.6 Å². The summed E-state index contributed by atoms with van der Waals surface area (Å²) < 4.78 is 35.4. The minimum Gasteiger partial charge on any atom is -0.463 e. The number of benzene rings is 1. The molecule has 0 unspecified atom stereocenters. The molecule has 26 heavy (non-hydrogen) atoms. The highest BCUT2D eigenvalue weighted by Crippen LogP contribution is 2.40. The first-order chi connectivity index (χ1) is 12.4. The Bertz CT molecular complexity index is 750. The Labute approximate surface area is 155 Å². The molecule has 0 amide bonds. The fraction of sp³-hybridized carbons (Fsp3) is 0.444. The lowest BCUT2D eigenvalue weighted by Crippen LogP contribution is -2.48. The Kier molecular flexibility index (Phi) is 5.41. The van der Waals surface area contributed by atoms with Crippen molar-refractivity contribution < 1.29 is 23.0 Å². The van der Waals surface area contributed by atoms with Gasteiger partial charge in [0.2, 0.25) is 0 Å². The number of rotatable bonds is 6. The van der Waals surface area contributed by atoms with E-state index in [1.807, 2.05) is 4.90 Å². The second kappa shape index (κ2) is 7.57. The molecule has 8 heteroatoms. The second-order valence-electron chi connectivity index (χ2n) is 6.12. The number of nitrogens with zero attached hydrogens (tertiary/aromatic N) is 1.